The average molecular weight is 324 g/mol. The van der Waals surface area contributed by atoms with Crippen molar-refractivity contribution in [1.29, 1.82) is 0 Å². The molecular formula is C15H18BrNS. The van der Waals surface area contributed by atoms with Crippen LogP contribution in [0, 0.1) is 13.8 Å². The second kappa shape index (κ2) is 6.00. The standard InChI is InChI=1S/C15H18BrNS/c1-10-4-5-11(2)12(8-10)14(17-3)9-15-13(16)6-7-18-15/h4-8,14,17H,9H2,1-3H3. The number of aryl methyl sites for hydroxylation is 2. The molecule has 0 aliphatic rings. The van der Waals surface area contributed by atoms with Crippen molar-refractivity contribution in [1.82, 2.24) is 5.32 Å². The van der Waals surface area contributed by atoms with Crippen molar-refractivity contribution in [2.24, 2.45) is 0 Å². The first-order valence-electron chi connectivity index (χ1n) is 6.08. The summed E-state index contributed by atoms with van der Waals surface area (Å²) >= 11 is 5.42. The number of likely N-dealkylation sites (N-methyl/N-ethyl adjacent to an activating group) is 1. The minimum atomic E-state index is 0.375. The van der Waals surface area contributed by atoms with Crippen molar-refractivity contribution < 1.29 is 0 Å². The fraction of sp³-hybridized carbons (Fsp3) is 0.333. The van der Waals surface area contributed by atoms with Crippen LogP contribution in [0.2, 0.25) is 0 Å². The van der Waals surface area contributed by atoms with Gasteiger partial charge >= 0.3 is 0 Å². The maximum absolute atomic E-state index is 3.61. The number of nitrogens with one attached hydrogen (secondary N) is 1. The van der Waals surface area contributed by atoms with Gasteiger partial charge in [0.1, 0.15) is 0 Å². The first-order valence-corrected chi connectivity index (χ1v) is 7.75. The van der Waals surface area contributed by atoms with Gasteiger partial charge in [-0.25, -0.2) is 0 Å². The van der Waals surface area contributed by atoms with Gasteiger partial charge in [-0.2, -0.15) is 0 Å². The van der Waals surface area contributed by atoms with Crippen LogP contribution >= 0.6 is 27.3 Å². The molecule has 1 N–H and O–H groups in total. The van der Waals surface area contributed by atoms with E-state index in [-0.39, 0.29) is 0 Å². The molecule has 3 heteroatoms. The Morgan fingerprint density at radius 1 is 1.28 bits per heavy atom. The Hall–Kier alpha value is -0.640. The van der Waals surface area contributed by atoms with Gasteiger partial charge in [-0.15, -0.1) is 11.3 Å². The highest BCUT2D eigenvalue weighted by Gasteiger charge is 2.15. The largest absolute Gasteiger partial charge is 0.313 e. The zero-order valence-electron chi connectivity index (χ0n) is 11.0. The van der Waals surface area contributed by atoms with E-state index in [1.807, 2.05) is 18.4 Å². The highest BCUT2D eigenvalue weighted by Crippen LogP contribution is 2.29. The molecule has 1 unspecified atom stereocenters. The van der Waals surface area contributed by atoms with Crippen molar-refractivity contribution in [3.8, 4) is 0 Å². The molecule has 0 spiro atoms. The van der Waals surface area contributed by atoms with Crippen LogP contribution in [-0.2, 0) is 6.42 Å². The third-order valence-corrected chi connectivity index (χ3v) is 5.19. The van der Waals surface area contributed by atoms with Gasteiger partial charge in [0.25, 0.3) is 0 Å². The lowest BCUT2D eigenvalue weighted by Crippen LogP contribution is -2.19. The number of hydrogen-bond donors (Lipinski definition) is 1. The summed E-state index contributed by atoms with van der Waals surface area (Å²) in [7, 11) is 2.04. The van der Waals surface area contributed by atoms with E-state index in [0.29, 0.717) is 6.04 Å². The Labute approximate surface area is 121 Å². The molecule has 1 heterocycles. The quantitative estimate of drug-likeness (QED) is 0.864. The lowest BCUT2D eigenvalue weighted by Gasteiger charge is -2.19. The minimum absolute atomic E-state index is 0.375. The topological polar surface area (TPSA) is 12.0 Å². The van der Waals surface area contributed by atoms with Crippen LogP contribution in [0.3, 0.4) is 0 Å². The molecule has 2 aromatic rings. The van der Waals surface area contributed by atoms with Crippen LogP contribution in [0.5, 0.6) is 0 Å². The molecule has 1 nitrogen and oxygen atoms in total. The molecule has 0 saturated heterocycles. The van der Waals surface area contributed by atoms with E-state index in [9.17, 15) is 0 Å². The van der Waals surface area contributed by atoms with E-state index in [2.05, 4.69) is 64.7 Å². The van der Waals surface area contributed by atoms with Crippen molar-refractivity contribution >= 4 is 27.3 Å². The fourth-order valence-electron chi connectivity index (χ4n) is 2.16. The van der Waals surface area contributed by atoms with Crippen LogP contribution < -0.4 is 5.32 Å². The molecule has 0 fully saturated rings. The van der Waals surface area contributed by atoms with E-state index in [1.54, 1.807) is 0 Å². The summed E-state index contributed by atoms with van der Waals surface area (Å²) in [4.78, 5) is 1.40. The Balaban J connectivity index is 2.28. The molecule has 0 radical (unpaired) electrons. The summed E-state index contributed by atoms with van der Waals surface area (Å²) in [5.74, 6) is 0. The maximum Gasteiger partial charge on any atom is 0.0369 e. The highest BCUT2D eigenvalue weighted by molar-refractivity contribution is 9.10. The normalized spacial score (nSPS) is 12.7. The molecule has 0 aliphatic carbocycles. The highest BCUT2D eigenvalue weighted by atomic mass is 79.9. The third kappa shape index (κ3) is 3.02. The number of thiophene rings is 1. The van der Waals surface area contributed by atoms with Crippen molar-refractivity contribution in [2.45, 2.75) is 26.3 Å². The fourth-order valence-corrected chi connectivity index (χ4v) is 3.72. The number of hydrogen-bond acceptors (Lipinski definition) is 2. The van der Waals surface area contributed by atoms with Crippen LogP contribution in [-0.4, -0.2) is 7.05 Å². The van der Waals surface area contributed by atoms with Gasteiger partial charge in [-0.1, -0.05) is 23.8 Å². The van der Waals surface area contributed by atoms with Gasteiger partial charge in [-0.05, 0) is 59.4 Å². The zero-order valence-corrected chi connectivity index (χ0v) is 13.4. The second-order valence-electron chi connectivity index (χ2n) is 4.60. The predicted octanol–water partition coefficient (Wildman–Crippen LogP) is 4.63. The van der Waals surface area contributed by atoms with E-state index >= 15 is 0 Å². The maximum atomic E-state index is 3.61. The van der Waals surface area contributed by atoms with Gasteiger partial charge in [0.2, 0.25) is 0 Å². The average Bonchev–Trinajstić information content (AvgIpc) is 2.75. The Bertz CT molecular complexity index is 533. The monoisotopic (exact) mass is 323 g/mol. The smallest absolute Gasteiger partial charge is 0.0369 e. The van der Waals surface area contributed by atoms with Crippen LogP contribution in [0.25, 0.3) is 0 Å². The molecule has 18 heavy (non-hydrogen) atoms. The Kier molecular flexibility index (Phi) is 4.60. The number of rotatable bonds is 4. The molecule has 2 rings (SSSR count). The van der Waals surface area contributed by atoms with E-state index in [0.717, 1.165) is 6.42 Å². The van der Waals surface area contributed by atoms with Crippen LogP contribution in [0.4, 0.5) is 0 Å². The lowest BCUT2D eigenvalue weighted by atomic mass is 9.96. The van der Waals surface area contributed by atoms with Crippen molar-refractivity contribution in [3.63, 3.8) is 0 Å². The molecule has 0 aliphatic heterocycles. The predicted molar refractivity (Wildman–Crippen MR) is 83.4 cm³/mol. The van der Waals surface area contributed by atoms with Crippen molar-refractivity contribution in [2.75, 3.05) is 7.05 Å². The molecule has 0 bridgehead atoms. The molecular weight excluding hydrogens is 306 g/mol. The van der Waals surface area contributed by atoms with Crippen LogP contribution in [0.15, 0.2) is 34.1 Å². The van der Waals surface area contributed by atoms with Gasteiger partial charge in [-0.3, -0.25) is 0 Å². The number of benzene rings is 1. The molecule has 1 atom stereocenters. The second-order valence-corrected chi connectivity index (χ2v) is 6.45. The summed E-state index contributed by atoms with van der Waals surface area (Å²) in [5, 5.41) is 5.57. The summed E-state index contributed by atoms with van der Waals surface area (Å²) in [5.41, 5.74) is 4.08. The first kappa shape index (κ1) is 13.8. The summed E-state index contributed by atoms with van der Waals surface area (Å²) < 4.78 is 1.22. The molecule has 0 saturated carbocycles. The summed E-state index contributed by atoms with van der Waals surface area (Å²) in [6, 6.07) is 9.17. The Morgan fingerprint density at radius 2 is 2.06 bits per heavy atom. The van der Waals surface area contributed by atoms with Gasteiger partial charge < -0.3 is 5.32 Å². The number of halogens is 1. The Morgan fingerprint density at radius 3 is 2.67 bits per heavy atom. The SMILES string of the molecule is CNC(Cc1sccc1Br)c1cc(C)ccc1C. The van der Waals surface area contributed by atoms with E-state index < -0.39 is 0 Å². The first-order chi connectivity index (χ1) is 8.61. The van der Waals surface area contributed by atoms with Gasteiger partial charge in [0.05, 0.1) is 0 Å². The summed E-state index contributed by atoms with van der Waals surface area (Å²) in [6.07, 6.45) is 1.03. The lowest BCUT2D eigenvalue weighted by molar-refractivity contribution is 0.592. The zero-order chi connectivity index (χ0) is 13.1. The molecule has 96 valence electrons. The molecule has 1 aromatic heterocycles. The van der Waals surface area contributed by atoms with Crippen LogP contribution in [0.1, 0.15) is 27.6 Å². The molecule has 0 amide bonds. The van der Waals surface area contributed by atoms with Gasteiger partial charge in [0.15, 0.2) is 0 Å². The van der Waals surface area contributed by atoms with Crippen molar-refractivity contribution in [3.05, 3.63) is 55.7 Å². The molecule has 1 aromatic carbocycles. The minimum Gasteiger partial charge on any atom is -0.313 e. The van der Waals surface area contributed by atoms with E-state index in [1.165, 1.54) is 26.0 Å². The summed E-state index contributed by atoms with van der Waals surface area (Å²) in [6.45, 7) is 4.33. The third-order valence-electron chi connectivity index (χ3n) is 3.24. The van der Waals surface area contributed by atoms with Gasteiger partial charge in [0, 0.05) is 21.8 Å². The van der Waals surface area contributed by atoms with E-state index in [4.69, 9.17) is 0 Å².